The van der Waals surface area contributed by atoms with Gasteiger partial charge in [-0.25, -0.2) is 4.79 Å². The number of benzene rings is 2. The molecule has 3 aliphatic carbocycles. The number of hydrogen-bond acceptors (Lipinski definition) is 6. The lowest BCUT2D eigenvalue weighted by atomic mass is 9.76. The first-order valence-corrected chi connectivity index (χ1v) is 13.5. The number of rotatable bonds is 8. The van der Waals surface area contributed by atoms with Crippen molar-refractivity contribution >= 4 is 12.1 Å². The van der Waals surface area contributed by atoms with Crippen molar-refractivity contribution in [2.75, 3.05) is 20.3 Å². The molecule has 0 spiro atoms. The maximum Gasteiger partial charge on any atom is 0.513 e. The number of fused-ring (bicyclic) bond motifs is 5. The Morgan fingerprint density at radius 1 is 0.784 bits per heavy atom. The topological polar surface area (TPSA) is 71.1 Å². The standard InChI is InChI=1S/C31H38O6/c1-19(32)36-25-9-5-23(6-10-25)31(2,3)24-7-11-26(12-8-24)37-30(33)35-17-20-13-27-21-15-22(18-34-4)28(16-21)29(27)14-20/h5-12,20-22,27-29H,13-18H2,1-4H3. The van der Waals surface area contributed by atoms with Crippen LogP contribution in [0, 0.1) is 35.5 Å². The Balaban J connectivity index is 1.11. The molecule has 0 heterocycles. The normalized spacial score (nSPS) is 28.1. The van der Waals surface area contributed by atoms with E-state index in [1.54, 1.807) is 24.3 Å². The molecule has 0 radical (unpaired) electrons. The molecule has 6 nitrogen and oxygen atoms in total. The van der Waals surface area contributed by atoms with Crippen LogP contribution in [0.15, 0.2) is 48.5 Å². The maximum absolute atomic E-state index is 12.4. The van der Waals surface area contributed by atoms with Crippen LogP contribution in [0.4, 0.5) is 4.79 Å². The molecule has 6 heteroatoms. The lowest BCUT2D eigenvalue weighted by Crippen LogP contribution is -2.26. The van der Waals surface area contributed by atoms with Crippen molar-refractivity contribution in [2.45, 2.75) is 51.9 Å². The lowest BCUT2D eigenvalue weighted by molar-refractivity contribution is -0.131. The van der Waals surface area contributed by atoms with Gasteiger partial charge in [-0.2, -0.15) is 0 Å². The van der Waals surface area contributed by atoms with Gasteiger partial charge in [-0.1, -0.05) is 38.1 Å². The van der Waals surface area contributed by atoms with E-state index in [-0.39, 0.29) is 11.4 Å². The van der Waals surface area contributed by atoms with Crippen LogP contribution >= 0.6 is 0 Å². The van der Waals surface area contributed by atoms with E-state index >= 15 is 0 Å². The highest BCUT2D eigenvalue weighted by Crippen LogP contribution is 2.62. The van der Waals surface area contributed by atoms with Crippen molar-refractivity contribution in [3.05, 3.63) is 59.7 Å². The fourth-order valence-electron chi connectivity index (χ4n) is 7.39. The molecule has 0 aliphatic heterocycles. The predicted molar refractivity (Wildman–Crippen MR) is 140 cm³/mol. The molecule has 198 valence electrons. The molecule has 5 rings (SSSR count). The number of hydrogen-bond donors (Lipinski definition) is 0. The van der Waals surface area contributed by atoms with Gasteiger partial charge in [-0.15, -0.1) is 0 Å². The first-order chi connectivity index (χ1) is 17.7. The summed E-state index contributed by atoms with van der Waals surface area (Å²) in [6.45, 7) is 6.96. The van der Waals surface area contributed by atoms with Gasteiger partial charge >= 0.3 is 12.1 Å². The largest absolute Gasteiger partial charge is 0.513 e. The van der Waals surface area contributed by atoms with Crippen molar-refractivity contribution < 1.29 is 28.5 Å². The van der Waals surface area contributed by atoms with Crippen LogP contribution in [-0.2, 0) is 19.7 Å². The molecular weight excluding hydrogens is 468 g/mol. The molecule has 3 aliphatic rings. The summed E-state index contributed by atoms with van der Waals surface area (Å²) in [6.07, 6.45) is 4.37. The monoisotopic (exact) mass is 506 g/mol. The van der Waals surface area contributed by atoms with Crippen molar-refractivity contribution in [3.63, 3.8) is 0 Å². The zero-order valence-corrected chi connectivity index (χ0v) is 22.3. The van der Waals surface area contributed by atoms with Crippen LogP contribution < -0.4 is 9.47 Å². The van der Waals surface area contributed by atoms with E-state index in [1.165, 1.54) is 26.2 Å². The highest BCUT2D eigenvalue weighted by molar-refractivity contribution is 5.69. The molecule has 2 bridgehead atoms. The molecule has 6 atom stereocenters. The smallest absolute Gasteiger partial charge is 0.434 e. The molecule has 0 aromatic heterocycles. The quantitative estimate of drug-likeness (QED) is 0.234. The van der Waals surface area contributed by atoms with Gasteiger partial charge in [0.15, 0.2) is 0 Å². The second-order valence-corrected chi connectivity index (χ2v) is 11.7. The summed E-state index contributed by atoms with van der Waals surface area (Å²) in [6, 6.07) is 15.1. The number of carbonyl (C=O) groups is 2. The van der Waals surface area contributed by atoms with Gasteiger partial charge in [0, 0.05) is 26.1 Å². The van der Waals surface area contributed by atoms with Gasteiger partial charge in [0.25, 0.3) is 0 Å². The highest BCUT2D eigenvalue weighted by atomic mass is 16.7. The Morgan fingerprint density at radius 3 is 1.97 bits per heavy atom. The van der Waals surface area contributed by atoms with Crippen LogP contribution in [-0.4, -0.2) is 32.4 Å². The molecule has 6 unspecified atom stereocenters. The minimum Gasteiger partial charge on any atom is -0.434 e. The second-order valence-electron chi connectivity index (χ2n) is 11.7. The number of carbonyl (C=O) groups excluding carboxylic acids is 2. The molecular formula is C31H38O6. The molecule has 2 aromatic rings. The first-order valence-electron chi connectivity index (χ1n) is 13.5. The summed E-state index contributed by atoms with van der Waals surface area (Å²) < 4.78 is 21.6. The molecule has 3 saturated carbocycles. The Bertz CT molecular complexity index is 1110. The molecule has 0 saturated heterocycles. The van der Waals surface area contributed by atoms with Gasteiger partial charge in [-0.05, 0) is 96.6 Å². The highest BCUT2D eigenvalue weighted by Gasteiger charge is 2.55. The Kier molecular flexibility index (Phi) is 7.30. The van der Waals surface area contributed by atoms with E-state index in [2.05, 4.69) is 13.8 Å². The molecule has 2 aromatic carbocycles. The summed E-state index contributed by atoms with van der Waals surface area (Å²) in [7, 11) is 1.81. The molecule has 0 N–H and O–H groups in total. The van der Waals surface area contributed by atoms with Gasteiger partial charge in [0.05, 0.1) is 6.61 Å². The Morgan fingerprint density at radius 2 is 1.38 bits per heavy atom. The third kappa shape index (κ3) is 5.40. The van der Waals surface area contributed by atoms with Crippen LogP contribution in [0.5, 0.6) is 11.5 Å². The predicted octanol–water partition coefficient (Wildman–Crippen LogP) is 6.40. The van der Waals surface area contributed by atoms with E-state index in [4.69, 9.17) is 18.9 Å². The Hall–Kier alpha value is -2.86. The average molecular weight is 507 g/mol. The van der Waals surface area contributed by atoms with Crippen molar-refractivity contribution in [1.29, 1.82) is 0 Å². The summed E-state index contributed by atoms with van der Waals surface area (Å²) in [4.78, 5) is 23.6. The molecule has 0 amide bonds. The van der Waals surface area contributed by atoms with Gasteiger partial charge in [-0.3, -0.25) is 4.79 Å². The van der Waals surface area contributed by atoms with Crippen molar-refractivity contribution in [3.8, 4) is 11.5 Å². The third-order valence-corrected chi connectivity index (χ3v) is 9.13. The minimum atomic E-state index is -0.634. The van der Waals surface area contributed by atoms with Gasteiger partial charge in [0.2, 0.25) is 0 Å². The lowest BCUT2D eigenvalue weighted by Gasteiger charge is -2.30. The summed E-state index contributed by atoms with van der Waals surface area (Å²) >= 11 is 0. The maximum atomic E-state index is 12.4. The fraction of sp³-hybridized carbons (Fsp3) is 0.548. The Labute approximate surface area is 219 Å². The molecule has 37 heavy (non-hydrogen) atoms. The van der Waals surface area contributed by atoms with Crippen molar-refractivity contribution in [1.82, 2.24) is 0 Å². The van der Waals surface area contributed by atoms with E-state index in [1.807, 2.05) is 31.4 Å². The van der Waals surface area contributed by atoms with Crippen molar-refractivity contribution in [2.24, 2.45) is 35.5 Å². The second kappa shape index (κ2) is 10.5. The van der Waals surface area contributed by atoms with Crippen LogP contribution in [0.1, 0.15) is 57.6 Å². The van der Waals surface area contributed by atoms with Crippen LogP contribution in [0.3, 0.4) is 0 Å². The van der Waals surface area contributed by atoms with Gasteiger partial charge in [0.1, 0.15) is 11.5 Å². The summed E-state index contributed by atoms with van der Waals surface area (Å²) in [5, 5.41) is 0. The van der Waals surface area contributed by atoms with Crippen LogP contribution in [0.2, 0.25) is 0 Å². The van der Waals surface area contributed by atoms with Gasteiger partial charge < -0.3 is 18.9 Å². The van der Waals surface area contributed by atoms with E-state index < -0.39 is 6.16 Å². The zero-order chi connectivity index (χ0) is 26.2. The minimum absolute atomic E-state index is 0.282. The van der Waals surface area contributed by atoms with E-state index in [0.717, 1.165) is 47.8 Å². The summed E-state index contributed by atoms with van der Waals surface area (Å²) in [5.41, 5.74) is 1.88. The number of esters is 1. The van der Waals surface area contributed by atoms with E-state index in [0.29, 0.717) is 29.9 Å². The zero-order valence-electron chi connectivity index (χ0n) is 22.3. The molecule has 3 fully saturated rings. The third-order valence-electron chi connectivity index (χ3n) is 9.13. The number of methoxy groups -OCH3 is 1. The first kappa shape index (κ1) is 25.8. The SMILES string of the molecule is COCC1CC2CC1C1CC(COC(=O)Oc3ccc(C(C)(C)c4ccc(OC(C)=O)cc4)cc3)CC21. The fourth-order valence-corrected chi connectivity index (χ4v) is 7.39. The number of ether oxygens (including phenoxy) is 4. The summed E-state index contributed by atoms with van der Waals surface area (Å²) in [5.74, 6) is 5.02. The van der Waals surface area contributed by atoms with Crippen LogP contribution in [0.25, 0.3) is 0 Å². The van der Waals surface area contributed by atoms with E-state index in [9.17, 15) is 9.59 Å². The average Bonchev–Trinajstić information content (AvgIpc) is 3.55.